The SMILES string of the molecule is CC1(C)C(=O)C2(Br)CCC1(CC(N)=O)C2Br. The molecular weight excluding hydrogens is 338 g/mol. The fourth-order valence-electron chi connectivity index (χ4n) is 3.41. The molecular formula is C11H15Br2NO2. The summed E-state index contributed by atoms with van der Waals surface area (Å²) < 4.78 is -0.508. The Bertz CT molecular complexity index is 382. The maximum Gasteiger partial charge on any atom is 0.218 e. The van der Waals surface area contributed by atoms with E-state index in [1.807, 2.05) is 13.8 Å². The minimum absolute atomic E-state index is 0.0116. The molecule has 3 nitrogen and oxygen atoms in total. The van der Waals surface area contributed by atoms with Gasteiger partial charge in [-0.15, -0.1) is 0 Å². The Balaban J connectivity index is 2.52. The van der Waals surface area contributed by atoms with Crippen LogP contribution < -0.4 is 5.73 Å². The molecule has 90 valence electrons. The van der Waals surface area contributed by atoms with Gasteiger partial charge in [0.1, 0.15) is 0 Å². The lowest BCUT2D eigenvalue weighted by Crippen LogP contribution is -2.44. The van der Waals surface area contributed by atoms with Crippen molar-refractivity contribution in [2.75, 3.05) is 0 Å². The van der Waals surface area contributed by atoms with Crippen LogP contribution in [0.5, 0.6) is 0 Å². The first-order valence-corrected chi connectivity index (χ1v) is 7.05. The molecule has 3 unspecified atom stereocenters. The van der Waals surface area contributed by atoms with Crippen LogP contribution in [0.15, 0.2) is 0 Å². The third kappa shape index (κ3) is 1.19. The molecule has 3 atom stereocenters. The Labute approximate surface area is 112 Å². The first kappa shape index (κ1) is 12.6. The van der Waals surface area contributed by atoms with Crippen LogP contribution in [0.4, 0.5) is 0 Å². The average Bonchev–Trinajstić information content (AvgIpc) is 2.46. The molecule has 0 spiro atoms. The van der Waals surface area contributed by atoms with Crippen molar-refractivity contribution in [2.24, 2.45) is 16.6 Å². The highest BCUT2D eigenvalue weighted by Crippen LogP contribution is 2.70. The summed E-state index contributed by atoms with van der Waals surface area (Å²) in [7, 11) is 0. The molecule has 0 saturated heterocycles. The normalized spacial score (nSPS) is 45.0. The second-order valence-electron chi connectivity index (χ2n) is 5.48. The van der Waals surface area contributed by atoms with Gasteiger partial charge in [0, 0.05) is 22.1 Å². The van der Waals surface area contributed by atoms with Gasteiger partial charge in [-0.3, -0.25) is 9.59 Å². The molecule has 2 saturated carbocycles. The second-order valence-corrected chi connectivity index (χ2v) is 7.81. The van der Waals surface area contributed by atoms with Gasteiger partial charge in [0.2, 0.25) is 5.91 Å². The van der Waals surface area contributed by atoms with Gasteiger partial charge in [-0.1, -0.05) is 45.7 Å². The van der Waals surface area contributed by atoms with E-state index in [2.05, 4.69) is 31.9 Å². The number of alkyl halides is 2. The van der Waals surface area contributed by atoms with Crippen LogP contribution in [0, 0.1) is 10.8 Å². The summed E-state index contributed by atoms with van der Waals surface area (Å²) in [6.07, 6.45) is 1.91. The highest BCUT2D eigenvalue weighted by molar-refractivity contribution is 9.13. The fourth-order valence-corrected chi connectivity index (χ4v) is 5.94. The van der Waals surface area contributed by atoms with Crippen LogP contribution in [-0.2, 0) is 9.59 Å². The molecule has 0 aliphatic heterocycles. The van der Waals surface area contributed by atoms with Gasteiger partial charge in [-0.2, -0.15) is 0 Å². The fraction of sp³-hybridized carbons (Fsp3) is 0.818. The van der Waals surface area contributed by atoms with Gasteiger partial charge in [0.25, 0.3) is 0 Å². The number of primary amides is 1. The number of hydrogen-bond donors (Lipinski definition) is 1. The summed E-state index contributed by atoms with van der Waals surface area (Å²) >= 11 is 7.18. The largest absolute Gasteiger partial charge is 0.370 e. The lowest BCUT2D eigenvalue weighted by molar-refractivity contribution is -0.133. The van der Waals surface area contributed by atoms with Crippen LogP contribution in [0.1, 0.15) is 33.1 Å². The first-order chi connectivity index (χ1) is 7.18. The zero-order valence-electron chi connectivity index (χ0n) is 9.35. The van der Waals surface area contributed by atoms with Gasteiger partial charge in [-0.25, -0.2) is 0 Å². The van der Waals surface area contributed by atoms with E-state index >= 15 is 0 Å². The minimum Gasteiger partial charge on any atom is -0.370 e. The van der Waals surface area contributed by atoms with E-state index in [4.69, 9.17) is 5.73 Å². The van der Waals surface area contributed by atoms with Gasteiger partial charge in [0.15, 0.2) is 5.78 Å². The summed E-state index contributed by atoms with van der Waals surface area (Å²) in [4.78, 5) is 23.6. The van der Waals surface area contributed by atoms with Gasteiger partial charge in [0.05, 0.1) is 4.32 Å². The molecule has 0 aromatic carbocycles. The molecule has 2 aliphatic carbocycles. The predicted octanol–water partition coefficient (Wildman–Crippen LogP) is 2.15. The molecule has 0 radical (unpaired) electrons. The van der Waals surface area contributed by atoms with Crippen LogP contribution in [0.2, 0.25) is 0 Å². The Kier molecular flexibility index (Phi) is 2.60. The number of nitrogens with two attached hydrogens (primary N) is 1. The van der Waals surface area contributed by atoms with Crippen molar-refractivity contribution in [1.29, 1.82) is 0 Å². The molecule has 1 amide bonds. The quantitative estimate of drug-likeness (QED) is 0.774. The number of Topliss-reactive ketones (excluding diaryl/α,β-unsaturated/α-hetero) is 1. The summed E-state index contributed by atoms with van der Waals surface area (Å²) in [6.45, 7) is 3.85. The summed E-state index contributed by atoms with van der Waals surface area (Å²) in [5, 5.41) is 0. The molecule has 0 heterocycles. The topological polar surface area (TPSA) is 60.2 Å². The summed E-state index contributed by atoms with van der Waals surface area (Å²) in [5.41, 5.74) is 4.50. The average molecular weight is 353 g/mol. The smallest absolute Gasteiger partial charge is 0.218 e. The van der Waals surface area contributed by atoms with E-state index in [-0.39, 0.29) is 28.4 Å². The zero-order valence-corrected chi connectivity index (χ0v) is 12.5. The molecule has 5 heteroatoms. The number of rotatable bonds is 2. The molecule has 2 rings (SSSR count). The third-order valence-corrected chi connectivity index (χ3v) is 7.99. The van der Waals surface area contributed by atoms with Gasteiger partial charge >= 0.3 is 0 Å². The standard InChI is InChI=1S/C11H15Br2NO2/c1-9(2)8(16)11(13)4-3-10(9,7(11)12)5-6(14)15/h7H,3-5H2,1-2H3,(H2,14,15). The number of fused-ring (bicyclic) bond motifs is 2. The van der Waals surface area contributed by atoms with Crippen LogP contribution in [-0.4, -0.2) is 20.8 Å². The Morgan fingerprint density at radius 2 is 2.06 bits per heavy atom. The van der Waals surface area contributed by atoms with Crippen molar-refractivity contribution in [3.63, 3.8) is 0 Å². The lowest BCUT2D eigenvalue weighted by Gasteiger charge is -2.41. The van der Waals surface area contributed by atoms with Crippen molar-refractivity contribution < 1.29 is 9.59 Å². The maximum absolute atomic E-state index is 12.4. The number of ketones is 1. The van der Waals surface area contributed by atoms with Gasteiger partial charge < -0.3 is 5.73 Å². The van der Waals surface area contributed by atoms with E-state index in [1.165, 1.54) is 0 Å². The molecule has 0 aromatic rings. The number of amides is 1. The van der Waals surface area contributed by atoms with Crippen molar-refractivity contribution in [3.05, 3.63) is 0 Å². The molecule has 2 N–H and O–H groups in total. The second kappa shape index (κ2) is 3.31. The lowest BCUT2D eigenvalue weighted by atomic mass is 9.62. The highest BCUT2D eigenvalue weighted by atomic mass is 79.9. The van der Waals surface area contributed by atoms with E-state index in [0.717, 1.165) is 12.8 Å². The van der Waals surface area contributed by atoms with E-state index in [0.29, 0.717) is 0 Å². The van der Waals surface area contributed by atoms with E-state index < -0.39 is 9.74 Å². The Morgan fingerprint density at radius 3 is 2.44 bits per heavy atom. The highest BCUT2D eigenvalue weighted by Gasteiger charge is 2.74. The zero-order chi connectivity index (χ0) is 12.4. The van der Waals surface area contributed by atoms with E-state index in [1.54, 1.807) is 0 Å². The van der Waals surface area contributed by atoms with Gasteiger partial charge in [-0.05, 0) is 12.8 Å². The van der Waals surface area contributed by atoms with E-state index in [9.17, 15) is 9.59 Å². The Morgan fingerprint density at radius 1 is 1.50 bits per heavy atom. The maximum atomic E-state index is 12.4. The minimum atomic E-state index is -0.508. The Hall–Kier alpha value is 0.1000. The number of carbonyl (C=O) groups excluding carboxylic acids is 2. The van der Waals surface area contributed by atoms with Crippen molar-refractivity contribution in [1.82, 2.24) is 0 Å². The van der Waals surface area contributed by atoms with Crippen molar-refractivity contribution in [2.45, 2.75) is 42.3 Å². The molecule has 2 aliphatic rings. The predicted molar refractivity (Wildman–Crippen MR) is 68.6 cm³/mol. The van der Waals surface area contributed by atoms with Crippen molar-refractivity contribution >= 4 is 43.6 Å². The van der Waals surface area contributed by atoms with Crippen molar-refractivity contribution in [3.8, 4) is 0 Å². The molecule has 2 bridgehead atoms. The molecule has 16 heavy (non-hydrogen) atoms. The molecule has 0 aromatic heterocycles. The summed E-state index contributed by atoms with van der Waals surface area (Å²) in [5.74, 6) is -0.140. The molecule has 2 fully saturated rings. The summed E-state index contributed by atoms with van der Waals surface area (Å²) in [6, 6.07) is 0. The number of halogens is 2. The number of hydrogen-bond acceptors (Lipinski definition) is 2. The van der Waals surface area contributed by atoms with Crippen LogP contribution in [0.25, 0.3) is 0 Å². The van der Waals surface area contributed by atoms with Crippen LogP contribution >= 0.6 is 31.9 Å². The van der Waals surface area contributed by atoms with Crippen LogP contribution in [0.3, 0.4) is 0 Å². The first-order valence-electron chi connectivity index (χ1n) is 5.35. The number of carbonyl (C=O) groups is 2. The monoisotopic (exact) mass is 351 g/mol. The third-order valence-electron chi connectivity index (χ3n) is 4.50.